The Morgan fingerprint density at radius 3 is 2.43 bits per heavy atom. The van der Waals surface area contributed by atoms with E-state index in [-0.39, 0.29) is 41.2 Å². The molecule has 0 saturated carbocycles. The molecular weight excluding hydrogens is 384 g/mol. The zero-order valence-corrected chi connectivity index (χ0v) is 17.5. The van der Waals surface area contributed by atoms with Crippen LogP contribution in [0.1, 0.15) is 34.1 Å². The zero-order valence-electron chi connectivity index (χ0n) is 16.7. The number of nitrogens with one attached hydrogen (secondary N) is 1. The monoisotopic (exact) mass is 412 g/mol. The van der Waals surface area contributed by atoms with E-state index in [1.54, 1.807) is 0 Å². The maximum Gasteiger partial charge on any atom is 0.270 e. The van der Waals surface area contributed by atoms with Gasteiger partial charge < -0.3 is 5.32 Å². The average molecular weight is 413 g/mol. The van der Waals surface area contributed by atoms with Crippen LogP contribution in [0.4, 0.5) is 5.69 Å². The molecule has 1 N–H and O–H groups in total. The Morgan fingerprint density at radius 1 is 1.29 bits per heavy atom. The first kappa shape index (κ1) is 22.3. The number of hydrogen-bond acceptors (Lipinski definition) is 6. The van der Waals surface area contributed by atoms with Crippen LogP contribution in [0.5, 0.6) is 0 Å². The predicted octanol–water partition coefficient (Wildman–Crippen LogP) is 1.59. The van der Waals surface area contributed by atoms with Gasteiger partial charge >= 0.3 is 0 Å². The molecule has 0 bridgehead atoms. The molecule has 0 aliphatic carbocycles. The maximum atomic E-state index is 12.8. The first-order valence-electron chi connectivity index (χ1n) is 9.28. The van der Waals surface area contributed by atoms with Gasteiger partial charge in [-0.05, 0) is 33.3 Å². The molecule has 1 saturated heterocycles. The smallest absolute Gasteiger partial charge is 0.270 e. The van der Waals surface area contributed by atoms with Crippen molar-refractivity contribution in [1.82, 2.24) is 14.5 Å². The molecule has 10 heteroatoms. The second kappa shape index (κ2) is 8.54. The number of hydrogen-bond donors (Lipinski definition) is 1. The van der Waals surface area contributed by atoms with Crippen molar-refractivity contribution >= 4 is 21.6 Å². The number of benzene rings is 1. The van der Waals surface area contributed by atoms with Crippen molar-refractivity contribution in [2.75, 3.05) is 26.2 Å². The highest BCUT2D eigenvalue weighted by atomic mass is 32.2. The number of amides is 1. The largest absolute Gasteiger partial charge is 0.350 e. The lowest BCUT2D eigenvalue weighted by atomic mass is 10.0. The fraction of sp³-hybridized carbons (Fsp3) is 0.611. The van der Waals surface area contributed by atoms with E-state index >= 15 is 0 Å². The quantitative estimate of drug-likeness (QED) is 0.538. The summed E-state index contributed by atoms with van der Waals surface area (Å²) in [6.45, 7) is 9.00. The number of carbonyl (C=O) groups excluding carboxylic acids is 1. The van der Waals surface area contributed by atoms with Crippen LogP contribution in [0.15, 0.2) is 29.2 Å². The van der Waals surface area contributed by atoms with Gasteiger partial charge in [0.25, 0.3) is 5.69 Å². The van der Waals surface area contributed by atoms with Crippen LogP contribution in [0.25, 0.3) is 0 Å². The molecule has 1 aliphatic heterocycles. The molecule has 0 aromatic heterocycles. The summed E-state index contributed by atoms with van der Waals surface area (Å²) >= 11 is 0. The van der Waals surface area contributed by atoms with Crippen LogP contribution >= 0.6 is 0 Å². The van der Waals surface area contributed by atoms with Crippen LogP contribution in [-0.4, -0.2) is 66.2 Å². The molecule has 1 fully saturated rings. The second-order valence-electron chi connectivity index (χ2n) is 7.60. The van der Waals surface area contributed by atoms with Gasteiger partial charge in [0.1, 0.15) is 0 Å². The fourth-order valence-electron chi connectivity index (χ4n) is 2.93. The minimum absolute atomic E-state index is 0.0816. The third kappa shape index (κ3) is 5.06. The number of rotatable bonds is 7. The Balaban J connectivity index is 2.04. The highest BCUT2D eigenvalue weighted by Crippen LogP contribution is 2.22. The Labute approximate surface area is 165 Å². The summed E-state index contributed by atoms with van der Waals surface area (Å²) in [7, 11) is -3.82. The normalized spacial score (nSPS) is 17.9. The van der Waals surface area contributed by atoms with Gasteiger partial charge in [-0.1, -0.05) is 13.0 Å². The van der Waals surface area contributed by atoms with Gasteiger partial charge in [0, 0.05) is 43.9 Å². The molecule has 1 unspecified atom stereocenters. The molecule has 156 valence electrons. The fourth-order valence-corrected chi connectivity index (χ4v) is 4.39. The average Bonchev–Trinajstić information content (AvgIpc) is 2.67. The lowest BCUT2D eigenvalue weighted by Gasteiger charge is -2.38. The molecule has 0 radical (unpaired) electrons. The van der Waals surface area contributed by atoms with Gasteiger partial charge in [0.05, 0.1) is 15.9 Å². The van der Waals surface area contributed by atoms with Crippen LogP contribution < -0.4 is 5.32 Å². The highest BCUT2D eigenvalue weighted by Gasteiger charge is 2.33. The summed E-state index contributed by atoms with van der Waals surface area (Å²) in [5.74, 6) is -0.0816. The number of carbonyl (C=O) groups is 1. The molecule has 0 spiro atoms. The third-order valence-corrected chi connectivity index (χ3v) is 7.11. The molecule has 2 rings (SSSR count). The summed E-state index contributed by atoms with van der Waals surface area (Å²) in [4.78, 5) is 24.6. The molecule has 1 aromatic carbocycles. The van der Waals surface area contributed by atoms with Gasteiger partial charge in [-0.2, -0.15) is 4.31 Å². The second-order valence-corrected chi connectivity index (χ2v) is 9.54. The van der Waals surface area contributed by atoms with Crippen molar-refractivity contribution in [3.8, 4) is 0 Å². The van der Waals surface area contributed by atoms with Gasteiger partial charge in [0.15, 0.2) is 0 Å². The summed E-state index contributed by atoms with van der Waals surface area (Å²) in [5, 5.41) is 13.9. The Hall–Kier alpha value is -2.04. The zero-order chi connectivity index (χ0) is 21.1. The number of non-ortho nitro benzene ring substituents is 1. The Morgan fingerprint density at radius 2 is 1.89 bits per heavy atom. The summed E-state index contributed by atoms with van der Waals surface area (Å²) in [5.41, 5.74) is -0.554. The van der Waals surface area contributed by atoms with E-state index < -0.39 is 14.9 Å². The van der Waals surface area contributed by atoms with Crippen molar-refractivity contribution < 1.29 is 18.1 Å². The molecule has 1 aliphatic rings. The molecule has 1 aromatic rings. The van der Waals surface area contributed by atoms with Crippen LogP contribution in [0, 0.1) is 10.1 Å². The van der Waals surface area contributed by atoms with Crippen molar-refractivity contribution in [2.45, 2.75) is 50.6 Å². The number of nitro benzene ring substituents is 1. The third-order valence-electron chi connectivity index (χ3n) is 5.21. The van der Waals surface area contributed by atoms with Gasteiger partial charge in [-0.3, -0.25) is 19.8 Å². The lowest BCUT2D eigenvalue weighted by Crippen LogP contribution is -2.57. The van der Waals surface area contributed by atoms with Crippen molar-refractivity contribution in [2.24, 2.45) is 0 Å². The van der Waals surface area contributed by atoms with Crippen molar-refractivity contribution in [1.29, 1.82) is 0 Å². The van der Waals surface area contributed by atoms with E-state index in [1.807, 2.05) is 32.6 Å². The van der Waals surface area contributed by atoms with Crippen molar-refractivity contribution in [3.05, 3.63) is 34.4 Å². The number of sulfonamides is 1. The van der Waals surface area contributed by atoms with E-state index in [0.29, 0.717) is 13.1 Å². The molecule has 1 atom stereocenters. The summed E-state index contributed by atoms with van der Waals surface area (Å²) in [6, 6.07) is 4.69. The van der Waals surface area contributed by atoms with Gasteiger partial charge in [-0.25, -0.2) is 8.42 Å². The molecule has 9 nitrogen and oxygen atoms in total. The molecule has 1 amide bonds. The summed E-state index contributed by atoms with van der Waals surface area (Å²) < 4.78 is 26.9. The minimum Gasteiger partial charge on any atom is -0.350 e. The van der Waals surface area contributed by atoms with Crippen LogP contribution in [0.3, 0.4) is 0 Å². The molecule has 1 heterocycles. The summed E-state index contributed by atoms with van der Waals surface area (Å²) in [6.07, 6.45) is 0.806. The topological polar surface area (TPSA) is 113 Å². The Bertz CT molecular complexity index is 832. The highest BCUT2D eigenvalue weighted by molar-refractivity contribution is 7.89. The van der Waals surface area contributed by atoms with Gasteiger partial charge in [0.2, 0.25) is 15.9 Å². The van der Waals surface area contributed by atoms with E-state index in [2.05, 4.69) is 5.32 Å². The standard InChI is InChI=1S/C18H28N4O5S/c1-5-18(3,4)19-17(23)14(2)20-9-11-21(12-10-20)28(26,27)16-8-6-7-15(13-16)22(24)25/h6-8,13-14H,5,9-12H2,1-4H3,(H,19,23). The van der Waals surface area contributed by atoms with E-state index in [9.17, 15) is 23.3 Å². The lowest BCUT2D eigenvalue weighted by molar-refractivity contribution is -0.385. The van der Waals surface area contributed by atoms with Crippen LogP contribution in [0.2, 0.25) is 0 Å². The molecule has 28 heavy (non-hydrogen) atoms. The molecular formula is C18H28N4O5S. The van der Waals surface area contributed by atoms with Crippen molar-refractivity contribution in [3.63, 3.8) is 0 Å². The predicted molar refractivity (Wildman–Crippen MR) is 105 cm³/mol. The number of piperazine rings is 1. The minimum atomic E-state index is -3.82. The Kier molecular flexibility index (Phi) is 6.79. The van der Waals surface area contributed by atoms with E-state index in [4.69, 9.17) is 0 Å². The van der Waals surface area contributed by atoms with E-state index in [0.717, 1.165) is 12.5 Å². The maximum absolute atomic E-state index is 12.8. The van der Waals surface area contributed by atoms with Gasteiger partial charge in [-0.15, -0.1) is 0 Å². The number of nitro groups is 1. The van der Waals surface area contributed by atoms with Crippen LogP contribution in [-0.2, 0) is 14.8 Å². The first-order chi connectivity index (χ1) is 13.0. The first-order valence-corrected chi connectivity index (χ1v) is 10.7. The number of nitrogens with zero attached hydrogens (tertiary/aromatic N) is 3. The van der Waals surface area contributed by atoms with E-state index in [1.165, 1.54) is 22.5 Å². The SMILES string of the molecule is CCC(C)(C)NC(=O)C(C)N1CCN(S(=O)(=O)c2cccc([N+](=O)[O-])c2)CC1.